The predicted octanol–water partition coefficient (Wildman–Crippen LogP) is 2.36. The minimum Gasteiger partial charge on any atom is -0.319 e. The van der Waals surface area contributed by atoms with Gasteiger partial charge < -0.3 is 9.55 Å². The zero-order valence-electron chi connectivity index (χ0n) is 14.7. The van der Waals surface area contributed by atoms with Crippen molar-refractivity contribution >= 4 is 17.2 Å². The van der Waals surface area contributed by atoms with E-state index in [0.29, 0.717) is 34.8 Å². The molecule has 0 spiro atoms. The topological polar surface area (TPSA) is 80.1 Å². The molecule has 134 valence electrons. The molecule has 0 aliphatic carbocycles. The molecule has 0 saturated heterocycles. The molecule has 1 aromatic carbocycles. The Morgan fingerprint density at radius 2 is 2.04 bits per heavy atom. The van der Waals surface area contributed by atoms with E-state index in [9.17, 15) is 9.59 Å². The highest BCUT2D eigenvalue weighted by molar-refractivity contribution is 7.07. The molecule has 0 aliphatic rings. The maximum atomic E-state index is 12.3. The van der Waals surface area contributed by atoms with Gasteiger partial charge in [-0.2, -0.15) is 4.99 Å². The van der Waals surface area contributed by atoms with Gasteiger partial charge in [0, 0.05) is 35.8 Å². The molecule has 3 aromatic rings. The normalized spacial score (nSPS) is 11.7. The van der Waals surface area contributed by atoms with Crippen LogP contribution in [-0.4, -0.2) is 20.4 Å². The molecule has 3 rings (SSSR count). The molecule has 0 fully saturated rings. The van der Waals surface area contributed by atoms with Gasteiger partial charge in [-0.05, 0) is 25.8 Å². The SMILES string of the molecule is Cc1nc(C)c(CCC(=O)N=c2sccn2Cc2ccccc2)c(=O)[nH]1. The predicted molar refractivity (Wildman–Crippen MR) is 101 cm³/mol. The van der Waals surface area contributed by atoms with E-state index >= 15 is 0 Å². The summed E-state index contributed by atoms with van der Waals surface area (Å²) < 4.78 is 1.95. The number of nitrogens with zero attached hydrogens (tertiary/aromatic N) is 3. The van der Waals surface area contributed by atoms with Crippen molar-refractivity contribution in [3.05, 3.63) is 79.7 Å². The van der Waals surface area contributed by atoms with Crippen molar-refractivity contribution in [3.8, 4) is 0 Å². The van der Waals surface area contributed by atoms with Gasteiger partial charge in [0.25, 0.3) is 5.56 Å². The van der Waals surface area contributed by atoms with Crippen LogP contribution < -0.4 is 10.4 Å². The Balaban J connectivity index is 1.72. The lowest BCUT2D eigenvalue weighted by Crippen LogP contribution is -2.20. The van der Waals surface area contributed by atoms with Crippen molar-refractivity contribution in [3.63, 3.8) is 0 Å². The van der Waals surface area contributed by atoms with Gasteiger partial charge in [-0.3, -0.25) is 9.59 Å². The Labute approximate surface area is 154 Å². The number of amides is 1. The van der Waals surface area contributed by atoms with Crippen molar-refractivity contribution in [2.24, 2.45) is 4.99 Å². The molecule has 1 N–H and O–H groups in total. The van der Waals surface area contributed by atoms with Gasteiger partial charge >= 0.3 is 0 Å². The van der Waals surface area contributed by atoms with Gasteiger partial charge in [-0.15, -0.1) is 11.3 Å². The van der Waals surface area contributed by atoms with Crippen molar-refractivity contribution < 1.29 is 4.79 Å². The van der Waals surface area contributed by atoms with E-state index in [1.807, 2.05) is 46.5 Å². The first-order valence-corrected chi connectivity index (χ1v) is 9.22. The second-order valence-corrected chi connectivity index (χ2v) is 6.89. The number of aromatic amines is 1. The minimum atomic E-state index is -0.242. The van der Waals surface area contributed by atoms with E-state index < -0.39 is 0 Å². The van der Waals surface area contributed by atoms with E-state index in [1.165, 1.54) is 11.3 Å². The lowest BCUT2D eigenvalue weighted by Gasteiger charge is -2.04. The van der Waals surface area contributed by atoms with Crippen molar-refractivity contribution in [1.29, 1.82) is 0 Å². The Morgan fingerprint density at radius 3 is 2.77 bits per heavy atom. The maximum Gasteiger partial charge on any atom is 0.254 e. The highest BCUT2D eigenvalue weighted by Gasteiger charge is 2.09. The second kappa shape index (κ2) is 8.05. The summed E-state index contributed by atoms with van der Waals surface area (Å²) in [5.74, 6) is 0.335. The molecular weight excluding hydrogens is 348 g/mol. The number of H-pyrrole nitrogens is 1. The number of carbonyl (C=O) groups excluding carboxylic acids is 1. The average Bonchev–Trinajstić information content (AvgIpc) is 3.01. The van der Waals surface area contributed by atoms with E-state index in [1.54, 1.807) is 13.8 Å². The number of aryl methyl sites for hydroxylation is 2. The lowest BCUT2D eigenvalue weighted by molar-refractivity contribution is -0.118. The third-order valence-electron chi connectivity index (χ3n) is 4.01. The van der Waals surface area contributed by atoms with Crippen LogP contribution in [0.25, 0.3) is 0 Å². The number of benzene rings is 1. The first-order valence-electron chi connectivity index (χ1n) is 8.35. The fourth-order valence-electron chi connectivity index (χ4n) is 2.73. The van der Waals surface area contributed by atoms with Crippen molar-refractivity contribution in [2.75, 3.05) is 0 Å². The molecule has 0 bridgehead atoms. The third kappa shape index (κ3) is 4.43. The molecule has 0 atom stereocenters. The Morgan fingerprint density at radius 1 is 1.27 bits per heavy atom. The number of carbonyl (C=O) groups is 1. The maximum absolute atomic E-state index is 12.3. The van der Waals surface area contributed by atoms with E-state index in [2.05, 4.69) is 15.0 Å². The van der Waals surface area contributed by atoms with Gasteiger partial charge in [0.2, 0.25) is 5.91 Å². The van der Waals surface area contributed by atoms with Crippen LogP contribution in [0.3, 0.4) is 0 Å². The second-order valence-electron chi connectivity index (χ2n) is 6.02. The molecule has 26 heavy (non-hydrogen) atoms. The van der Waals surface area contributed by atoms with Crippen LogP contribution in [0, 0.1) is 13.8 Å². The zero-order valence-corrected chi connectivity index (χ0v) is 15.5. The van der Waals surface area contributed by atoms with Crippen LogP contribution in [0.1, 0.15) is 29.1 Å². The summed E-state index contributed by atoms with van der Waals surface area (Å²) in [5, 5.41) is 1.91. The summed E-state index contributed by atoms with van der Waals surface area (Å²) >= 11 is 1.42. The van der Waals surface area contributed by atoms with Crippen molar-refractivity contribution in [2.45, 2.75) is 33.2 Å². The fourth-order valence-corrected chi connectivity index (χ4v) is 3.47. The van der Waals surface area contributed by atoms with Crippen LogP contribution in [0.2, 0.25) is 0 Å². The summed E-state index contributed by atoms with van der Waals surface area (Å²) in [4.78, 5) is 36.1. The number of aromatic nitrogens is 3. The van der Waals surface area contributed by atoms with Crippen LogP contribution in [0.5, 0.6) is 0 Å². The zero-order chi connectivity index (χ0) is 18.5. The molecule has 0 radical (unpaired) electrons. The lowest BCUT2D eigenvalue weighted by atomic mass is 10.1. The summed E-state index contributed by atoms with van der Waals surface area (Å²) in [6.45, 7) is 4.18. The number of nitrogens with one attached hydrogen (secondary N) is 1. The summed E-state index contributed by atoms with van der Waals surface area (Å²) in [6, 6.07) is 10.0. The monoisotopic (exact) mass is 368 g/mol. The molecule has 0 saturated carbocycles. The Hall–Kier alpha value is -2.80. The molecule has 2 aromatic heterocycles. The number of thiazole rings is 1. The summed E-state index contributed by atoms with van der Waals surface area (Å²) in [7, 11) is 0. The highest BCUT2D eigenvalue weighted by Crippen LogP contribution is 2.04. The van der Waals surface area contributed by atoms with E-state index in [0.717, 1.165) is 5.56 Å². The summed E-state index contributed by atoms with van der Waals surface area (Å²) in [6.07, 6.45) is 2.43. The Bertz CT molecular complexity index is 1030. The summed E-state index contributed by atoms with van der Waals surface area (Å²) in [5.41, 5.74) is 2.17. The molecule has 0 aliphatic heterocycles. The fraction of sp³-hybridized carbons (Fsp3) is 0.263. The first-order chi connectivity index (χ1) is 12.5. The Kier molecular flexibility index (Phi) is 5.58. The smallest absolute Gasteiger partial charge is 0.254 e. The van der Waals surface area contributed by atoms with Gasteiger partial charge in [-0.1, -0.05) is 30.3 Å². The highest BCUT2D eigenvalue weighted by atomic mass is 32.1. The number of hydrogen-bond donors (Lipinski definition) is 1. The molecule has 7 heteroatoms. The number of rotatable bonds is 5. The van der Waals surface area contributed by atoms with E-state index in [-0.39, 0.29) is 17.9 Å². The molecule has 2 heterocycles. The van der Waals surface area contributed by atoms with Gasteiger partial charge in [0.05, 0.1) is 0 Å². The van der Waals surface area contributed by atoms with E-state index in [4.69, 9.17) is 0 Å². The first kappa shape index (κ1) is 18.0. The van der Waals surface area contributed by atoms with Crippen molar-refractivity contribution in [1.82, 2.24) is 14.5 Å². The average molecular weight is 368 g/mol. The molecule has 1 amide bonds. The molecular formula is C19H20N4O2S. The van der Waals surface area contributed by atoms with Gasteiger partial charge in [-0.25, -0.2) is 4.98 Å². The minimum absolute atomic E-state index is 0.178. The van der Waals surface area contributed by atoms with Crippen LogP contribution in [0.4, 0.5) is 0 Å². The van der Waals surface area contributed by atoms with Crippen LogP contribution >= 0.6 is 11.3 Å². The van der Waals surface area contributed by atoms with Gasteiger partial charge in [0.15, 0.2) is 4.80 Å². The van der Waals surface area contributed by atoms with Crippen LogP contribution in [0.15, 0.2) is 51.7 Å². The molecule has 6 nitrogen and oxygen atoms in total. The standard InChI is InChI=1S/C19H20N4O2S/c1-13-16(18(25)21-14(2)20-13)8-9-17(24)22-19-23(10-11-26-19)12-15-6-4-3-5-7-15/h3-7,10-11H,8-9,12H2,1-2H3,(H,20,21,25). The molecule has 0 unspecified atom stereocenters. The van der Waals surface area contributed by atoms with Crippen LogP contribution in [-0.2, 0) is 17.8 Å². The quantitative estimate of drug-likeness (QED) is 0.751. The van der Waals surface area contributed by atoms with Gasteiger partial charge in [0.1, 0.15) is 5.82 Å². The third-order valence-corrected chi connectivity index (χ3v) is 4.80. The largest absolute Gasteiger partial charge is 0.319 e. The number of hydrogen-bond acceptors (Lipinski definition) is 4.